The molecule has 0 radical (unpaired) electrons. The molecule has 0 N–H and O–H groups in total. The van der Waals surface area contributed by atoms with E-state index in [0.717, 1.165) is 24.0 Å². The maximum absolute atomic E-state index is 13.1. The second kappa shape index (κ2) is 7.54. The molecule has 28 heavy (non-hydrogen) atoms. The Morgan fingerprint density at radius 1 is 1.21 bits per heavy atom. The summed E-state index contributed by atoms with van der Waals surface area (Å²) in [6.07, 6.45) is 3.73. The van der Waals surface area contributed by atoms with Crippen LogP contribution in [0.2, 0.25) is 0 Å². The van der Waals surface area contributed by atoms with Crippen molar-refractivity contribution in [3.8, 4) is 0 Å². The second-order valence-corrected chi connectivity index (χ2v) is 7.34. The van der Waals surface area contributed by atoms with Crippen molar-refractivity contribution in [2.75, 3.05) is 0 Å². The molecule has 3 aromatic rings. The van der Waals surface area contributed by atoms with Gasteiger partial charge in [-0.2, -0.15) is 0 Å². The molecule has 1 fully saturated rings. The Labute approximate surface area is 162 Å². The van der Waals surface area contributed by atoms with Gasteiger partial charge in [0.15, 0.2) is 0 Å². The summed E-state index contributed by atoms with van der Waals surface area (Å²) in [4.78, 5) is 31.7. The summed E-state index contributed by atoms with van der Waals surface area (Å²) in [6, 6.07) is 12.0. The first-order valence-corrected chi connectivity index (χ1v) is 9.51. The van der Waals surface area contributed by atoms with Crippen LogP contribution in [0.25, 0.3) is 10.9 Å². The Balaban J connectivity index is 1.48. The fourth-order valence-electron chi connectivity index (χ4n) is 3.45. The number of halogens is 1. The molecule has 1 heterocycles. The van der Waals surface area contributed by atoms with Gasteiger partial charge >= 0.3 is 0 Å². The summed E-state index contributed by atoms with van der Waals surface area (Å²) < 4.78 is 14.6. The third-order valence-electron chi connectivity index (χ3n) is 5.20. The van der Waals surface area contributed by atoms with E-state index in [1.54, 1.807) is 18.2 Å². The molecule has 0 aliphatic heterocycles. The number of benzene rings is 2. The molecule has 1 aliphatic carbocycles. The Hall–Kier alpha value is -3.02. The highest BCUT2D eigenvalue weighted by Crippen LogP contribution is 2.29. The van der Waals surface area contributed by atoms with Crippen LogP contribution in [-0.4, -0.2) is 26.4 Å². The minimum absolute atomic E-state index is 0.00284. The van der Waals surface area contributed by atoms with Gasteiger partial charge in [0.05, 0.1) is 17.2 Å². The lowest BCUT2D eigenvalue weighted by molar-refractivity contribution is -0.132. The average Bonchev–Trinajstić information content (AvgIpc) is 3.52. The zero-order valence-electron chi connectivity index (χ0n) is 15.8. The van der Waals surface area contributed by atoms with E-state index in [0.29, 0.717) is 24.0 Å². The van der Waals surface area contributed by atoms with Gasteiger partial charge in [0.2, 0.25) is 5.91 Å². The van der Waals surface area contributed by atoms with Crippen LogP contribution in [0.4, 0.5) is 4.39 Å². The number of fused-ring (bicyclic) bond motifs is 1. The molecule has 6 heteroatoms. The topological polar surface area (TPSA) is 55.2 Å². The van der Waals surface area contributed by atoms with Crippen LogP contribution < -0.4 is 5.56 Å². The molecule has 1 saturated carbocycles. The Kier molecular flexibility index (Phi) is 4.94. The summed E-state index contributed by atoms with van der Waals surface area (Å²) >= 11 is 0. The monoisotopic (exact) mass is 379 g/mol. The van der Waals surface area contributed by atoms with Gasteiger partial charge in [-0.25, -0.2) is 9.37 Å². The third kappa shape index (κ3) is 3.81. The van der Waals surface area contributed by atoms with Crippen molar-refractivity contribution in [2.45, 2.75) is 45.3 Å². The maximum Gasteiger partial charge on any atom is 0.261 e. The van der Waals surface area contributed by atoms with E-state index in [4.69, 9.17) is 0 Å². The van der Waals surface area contributed by atoms with E-state index < -0.39 is 0 Å². The molecule has 0 bridgehead atoms. The van der Waals surface area contributed by atoms with Crippen LogP contribution in [0.5, 0.6) is 0 Å². The number of rotatable bonds is 6. The summed E-state index contributed by atoms with van der Waals surface area (Å²) in [7, 11) is 0. The first-order chi connectivity index (χ1) is 13.5. The predicted octanol–water partition coefficient (Wildman–Crippen LogP) is 3.43. The lowest BCUT2D eigenvalue weighted by Crippen LogP contribution is -2.34. The second-order valence-electron chi connectivity index (χ2n) is 7.34. The molecule has 0 spiro atoms. The molecule has 0 saturated heterocycles. The zero-order chi connectivity index (χ0) is 19.7. The highest BCUT2D eigenvalue weighted by molar-refractivity contribution is 5.80. The third-order valence-corrected chi connectivity index (χ3v) is 5.20. The fourth-order valence-corrected chi connectivity index (χ4v) is 3.45. The number of carbonyl (C=O) groups is 1. The Morgan fingerprint density at radius 3 is 2.68 bits per heavy atom. The summed E-state index contributed by atoms with van der Waals surface area (Å²) in [6.45, 7) is 2.68. The van der Waals surface area contributed by atoms with Crippen molar-refractivity contribution in [2.24, 2.45) is 0 Å². The van der Waals surface area contributed by atoms with Crippen LogP contribution >= 0.6 is 0 Å². The molecule has 5 nitrogen and oxygen atoms in total. The van der Waals surface area contributed by atoms with E-state index in [1.165, 1.54) is 23.0 Å². The van der Waals surface area contributed by atoms with Crippen LogP contribution in [0.1, 0.15) is 30.4 Å². The van der Waals surface area contributed by atoms with Gasteiger partial charge < -0.3 is 4.90 Å². The van der Waals surface area contributed by atoms with Crippen LogP contribution in [0.15, 0.2) is 53.6 Å². The molecule has 0 unspecified atom stereocenters. The largest absolute Gasteiger partial charge is 0.335 e. The van der Waals surface area contributed by atoms with E-state index >= 15 is 0 Å². The predicted molar refractivity (Wildman–Crippen MR) is 105 cm³/mol. The van der Waals surface area contributed by atoms with Gasteiger partial charge in [-0.3, -0.25) is 14.2 Å². The smallest absolute Gasteiger partial charge is 0.261 e. The van der Waals surface area contributed by atoms with Gasteiger partial charge in [0.25, 0.3) is 5.56 Å². The number of aryl methyl sites for hydroxylation is 2. The molecular weight excluding hydrogens is 357 g/mol. The number of aromatic nitrogens is 2. The van der Waals surface area contributed by atoms with Crippen LogP contribution in [0.3, 0.4) is 0 Å². The van der Waals surface area contributed by atoms with Crippen molar-refractivity contribution in [3.05, 3.63) is 76.1 Å². The lowest BCUT2D eigenvalue weighted by atomic mass is 10.1. The Bertz CT molecular complexity index is 1070. The average molecular weight is 379 g/mol. The van der Waals surface area contributed by atoms with Crippen molar-refractivity contribution in [3.63, 3.8) is 0 Å². The standard InChI is InChI=1S/C22H22FN3O2/c1-15-3-2-4-19-21(15)24-14-25(22(19)28)12-11-20(27)26(18-9-10-18)13-16-5-7-17(23)8-6-16/h2-8,14,18H,9-13H2,1H3. The van der Waals surface area contributed by atoms with Gasteiger partial charge in [0.1, 0.15) is 5.82 Å². The van der Waals surface area contributed by atoms with E-state index in [-0.39, 0.29) is 29.7 Å². The highest BCUT2D eigenvalue weighted by Gasteiger charge is 2.32. The van der Waals surface area contributed by atoms with Crippen LogP contribution in [-0.2, 0) is 17.9 Å². The molecule has 144 valence electrons. The molecule has 2 aromatic carbocycles. The number of hydrogen-bond acceptors (Lipinski definition) is 3. The molecule has 4 rings (SSSR count). The number of amides is 1. The molecule has 0 atom stereocenters. The SMILES string of the molecule is Cc1cccc2c(=O)n(CCC(=O)N(Cc3ccc(F)cc3)C3CC3)cnc12. The Morgan fingerprint density at radius 2 is 1.96 bits per heavy atom. The normalized spacial score (nSPS) is 13.6. The maximum atomic E-state index is 13.1. The molecular formula is C22H22FN3O2. The summed E-state index contributed by atoms with van der Waals surface area (Å²) in [5.74, 6) is -0.283. The highest BCUT2D eigenvalue weighted by atomic mass is 19.1. The van der Waals surface area contributed by atoms with E-state index in [9.17, 15) is 14.0 Å². The van der Waals surface area contributed by atoms with Crippen LogP contribution in [0, 0.1) is 12.7 Å². The summed E-state index contributed by atoms with van der Waals surface area (Å²) in [5.41, 5.74) is 2.43. The lowest BCUT2D eigenvalue weighted by Gasteiger charge is -2.23. The van der Waals surface area contributed by atoms with E-state index in [2.05, 4.69) is 4.98 Å². The minimum Gasteiger partial charge on any atom is -0.335 e. The van der Waals surface area contributed by atoms with E-state index in [1.807, 2.05) is 24.0 Å². The number of hydrogen-bond donors (Lipinski definition) is 0. The zero-order valence-corrected chi connectivity index (χ0v) is 15.8. The molecule has 1 aliphatic rings. The van der Waals surface area contributed by atoms with Gasteiger partial charge in [-0.15, -0.1) is 0 Å². The van der Waals surface area contributed by atoms with Crippen molar-refractivity contribution in [1.82, 2.24) is 14.5 Å². The number of para-hydroxylation sites is 1. The summed E-state index contributed by atoms with van der Waals surface area (Å²) in [5, 5.41) is 0.570. The van der Waals surface area contributed by atoms with Crippen molar-refractivity contribution in [1.29, 1.82) is 0 Å². The van der Waals surface area contributed by atoms with Crippen molar-refractivity contribution < 1.29 is 9.18 Å². The fraction of sp³-hybridized carbons (Fsp3) is 0.318. The number of carbonyl (C=O) groups excluding carboxylic acids is 1. The number of nitrogens with zero attached hydrogens (tertiary/aromatic N) is 3. The molecule has 1 aromatic heterocycles. The van der Waals surface area contributed by atoms with Gasteiger partial charge in [0, 0.05) is 25.6 Å². The quantitative estimate of drug-likeness (QED) is 0.659. The van der Waals surface area contributed by atoms with Gasteiger partial charge in [-0.1, -0.05) is 24.3 Å². The molecule has 1 amide bonds. The minimum atomic E-state index is -0.286. The first-order valence-electron chi connectivity index (χ1n) is 9.51. The van der Waals surface area contributed by atoms with Crippen molar-refractivity contribution >= 4 is 16.8 Å². The van der Waals surface area contributed by atoms with Gasteiger partial charge in [-0.05, 0) is 49.1 Å². The first kappa shape index (κ1) is 18.3.